The van der Waals surface area contributed by atoms with Gasteiger partial charge < -0.3 is 16.8 Å². The number of amides is 2. The predicted octanol–water partition coefficient (Wildman–Crippen LogP) is 0.276. The van der Waals surface area contributed by atoms with E-state index in [0.29, 0.717) is 13.0 Å². The zero-order chi connectivity index (χ0) is 12.6. The van der Waals surface area contributed by atoms with Crippen molar-refractivity contribution in [2.75, 3.05) is 6.54 Å². The van der Waals surface area contributed by atoms with Gasteiger partial charge in [-0.1, -0.05) is 6.42 Å². The monoisotopic (exact) mass is 229 g/mol. The third-order valence-electron chi connectivity index (χ3n) is 2.20. The van der Waals surface area contributed by atoms with Gasteiger partial charge in [0.15, 0.2) is 0 Å². The van der Waals surface area contributed by atoms with Crippen molar-refractivity contribution in [3.63, 3.8) is 0 Å². The number of nitrogens with two attached hydrogens (primary N) is 2. The summed E-state index contributed by atoms with van der Waals surface area (Å²) in [5, 5.41) is 2.79. The van der Waals surface area contributed by atoms with Crippen LogP contribution in [0.15, 0.2) is 0 Å². The molecular formula is C11H23N3O2. The maximum atomic E-state index is 11.5. The van der Waals surface area contributed by atoms with Crippen LogP contribution in [0.2, 0.25) is 0 Å². The van der Waals surface area contributed by atoms with Crippen LogP contribution in [0, 0.1) is 0 Å². The molecule has 0 spiro atoms. The summed E-state index contributed by atoms with van der Waals surface area (Å²) < 4.78 is 0. The van der Waals surface area contributed by atoms with E-state index in [1.54, 1.807) is 13.8 Å². The molecule has 0 aromatic rings. The third kappa shape index (κ3) is 8.23. The predicted molar refractivity (Wildman–Crippen MR) is 63.6 cm³/mol. The molecule has 0 rings (SSSR count). The highest BCUT2D eigenvalue weighted by atomic mass is 16.2. The third-order valence-corrected chi connectivity index (χ3v) is 2.20. The van der Waals surface area contributed by atoms with E-state index in [4.69, 9.17) is 11.5 Å². The summed E-state index contributed by atoms with van der Waals surface area (Å²) in [6, 6.07) is 0. The van der Waals surface area contributed by atoms with Gasteiger partial charge in [-0.3, -0.25) is 9.59 Å². The number of primary amides is 1. The highest BCUT2D eigenvalue weighted by Crippen LogP contribution is 2.08. The zero-order valence-electron chi connectivity index (χ0n) is 10.2. The Bertz CT molecular complexity index is 239. The molecule has 0 aromatic heterocycles. The molecule has 0 radical (unpaired) electrons. The van der Waals surface area contributed by atoms with E-state index < -0.39 is 11.4 Å². The van der Waals surface area contributed by atoms with Gasteiger partial charge in [-0.15, -0.1) is 0 Å². The van der Waals surface area contributed by atoms with Crippen molar-refractivity contribution in [2.24, 2.45) is 11.5 Å². The molecule has 5 N–H and O–H groups in total. The van der Waals surface area contributed by atoms with Crippen molar-refractivity contribution in [3.8, 4) is 0 Å². The van der Waals surface area contributed by atoms with E-state index in [1.807, 2.05) is 0 Å². The van der Waals surface area contributed by atoms with E-state index in [1.165, 1.54) is 0 Å². The molecule has 16 heavy (non-hydrogen) atoms. The summed E-state index contributed by atoms with van der Waals surface area (Å²) in [6.45, 7) is 4.24. The molecule has 0 bridgehead atoms. The first kappa shape index (κ1) is 14.9. The minimum absolute atomic E-state index is 0.0386. The molecule has 0 heterocycles. The molecule has 0 aliphatic carbocycles. The number of unbranched alkanes of at least 4 members (excludes halogenated alkanes) is 2. The smallest absolute Gasteiger partial charge is 0.220 e. The van der Waals surface area contributed by atoms with Crippen molar-refractivity contribution in [3.05, 3.63) is 0 Å². The van der Waals surface area contributed by atoms with E-state index in [2.05, 4.69) is 5.32 Å². The number of hydrogen-bond acceptors (Lipinski definition) is 3. The van der Waals surface area contributed by atoms with E-state index in [0.717, 1.165) is 19.3 Å². The Morgan fingerprint density at radius 1 is 1.19 bits per heavy atom. The van der Waals surface area contributed by atoms with Crippen LogP contribution in [0.5, 0.6) is 0 Å². The van der Waals surface area contributed by atoms with Gasteiger partial charge in [-0.25, -0.2) is 0 Å². The molecular weight excluding hydrogens is 206 g/mol. The first-order valence-corrected chi connectivity index (χ1v) is 5.67. The minimum Gasteiger partial charge on any atom is -0.370 e. The van der Waals surface area contributed by atoms with Crippen molar-refractivity contribution < 1.29 is 9.59 Å². The molecule has 0 saturated carbocycles. The van der Waals surface area contributed by atoms with E-state index in [9.17, 15) is 9.59 Å². The van der Waals surface area contributed by atoms with Gasteiger partial charge in [0.25, 0.3) is 0 Å². The molecule has 5 heteroatoms. The molecule has 5 nitrogen and oxygen atoms in total. The Morgan fingerprint density at radius 3 is 2.31 bits per heavy atom. The number of carbonyl (C=O) groups excluding carboxylic acids is 2. The molecule has 2 amide bonds. The van der Waals surface area contributed by atoms with Gasteiger partial charge in [0.05, 0.1) is 0 Å². The van der Waals surface area contributed by atoms with Gasteiger partial charge in [0.1, 0.15) is 0 Å². The average molecular weight is 229 g/mol. The van der Waals surface area contributed by atoms with Gasteiger partial charge in [-0.05, 0) is 33.2 Å². The van der Waals surface area contributed by atoms with Crippen LogP contribution in [-0.4, -0.2) is 23.9 Å². The van der Waals surface area contributed by atoms with Crippen LogP contribution in [0.1, 0.15) is 46.0 Å². The fourth-order valence-electron chi connectivity index (χ4n) is 1.53. The summed E-state index contributed by atoms with van der Waals surface area (Å²) in [7, 11) is 0. The fraction of sp³-hybridized carbons (Fsp3) is 0.818. The summed E-state index contributed by atoms with van der Waals surface area (Å²) in [5.74, 6) is -0.447. The lowest BCUT2D eigenvalue weighted by atomic mass is 10.00. The van der Waals surface area contributed by atoms with Crippen LogP contribution >= 0.6 is 0 Å². The second-order valence-corrected chi connectivity index (χ2v) is 4.67. The van der Waals surface area contributed by atoms with Crippen molar-refractivity contribution in [1.82, 2.24) is 5.32 Å². The van der Waals surface area contributed by atoms with Crippen molar-refractivity contribution in [1.29, 1.82) is 0 Å². The standard InChI is InChI=1S/C11H23N3O2/c1-11(2,8-9(13)15)14-10(16)6-4-3-5-7-12/h3-8,12H2,1-2H3,(H2,13,15)(H,14,16). The lowest BCUT2D eigenvalue weighted by Crippen LogP contribution is -2.45. The second kappa shape index (κ2) is 7.22. The quantitative estimate of drug-likeness (QED) is 0.521. The normalized spacial score (nSPS) is 11.2. The molecule has 0 fully saturated rings. The summed E-state index contributed by atoms with van der Waals surface area (Å²) in [5.41, 5.74) is 9.88. The molecule has 0 saturated heterocycles. The first-order valence-electron chi connectivity index (χ1n) is 5.67. The summed E-state index contributed by atoms with van der Waals surface area (Å²) in [6.07, 6.45) is 3.36. The Balaban J connectivity index is 3.80. The first-order chi connectivity index (χ1) is 7.37. The SMILES string of the molecule is CC(C)(CC(N)=O)NC(=O)CCCCCN. The van der Waals surface area contributed by atoms with Gasteiger partial charge >= 0.3 is 0 Å². The second-order valence-electron chi connectivity index (χ2n) is 4.67. The average Bonchev–Trinajstić information content (AvgIpc) is 2.09. The molecule has 0 unspecified atom stereocenters. The number of rotatable bonds is 8. The topological polar surface area (TPSA) is 98.2 Å². The zero-order valence-corrected chi connectivity index (χ0v) is 10.2. The lowest BCUT2D eigenvalue weighted by Gasteiger charge is -2.24. The van der Waals surface area contributed by atoms with Crippen LogP contribution in [0.25, 0.3) is 0 Å². The van der Waals surface area contributed by atoms with Crippen LogP contribution < -0.4 is 16.8 Å². The van der Waals surface area contributed by atoms with Crippen molar-refractivity contribution in [2.45, 2.75) is 51.5 Å². The lowest BCUT2D eigenvalue weighted by molar-refractivity contribution is -0.124. The molecule has 0 aliphatic heterocycles. The minimum atomic E-state index is -0.559. The Labute approximate surface area is 96.9 Å². The Kier molecular flexibility index (Phi) is 6.72. The highest BCUT2D eigenvalue weighted by molar-refractivity contribution is 5.79. The van der Waals surface area contributed by atoms with Crippen LogP contribution in [0.3, 0.4) is 0 Å². The maximum absolute atomic E-state index is 11.5. The van der Waals surface area contributed by atoms with Crippen LogP contribution in [-0.2, 0) is 9.59 Å². The highest BCUT2D eigenvalue weighted by Gasteiger charge is 2.22. The van der Waals surface area contributed by atoms with Crippen LogP contribution in [0.4, 0.5) is 0 Å². The molecule has 0 aromatic carbocycles. The van der Waals surface area contributed by atoms with Gasteiger partial charge in [-0.2, -0.15) is 0 Å². The number of carbonyl (C=O) groups is 2. The van der Waals surface area contributed by atoms with Gasteiger partial charge in [0.2, 0.25) is 11.8 Å². The largest absolute Gasteiger partial charge is 0.370 e. The number of hydrogen-bond donors (Lipinski definition) is 3. The molecule has 94 valence electrons. The Hall–Kier alpha value is -1.10. The van der Waals surface area contributed by atoms with Gasteiger partial charge in [0, 0.05) is 18.4 Å². The van der Waals surface area contributed by atoms with E-state index >= 15 is 0 Å². The fourth-order valence-corrected chi connectivity index (χ4v) is 1.53. The molecule has 0 atom stereocenters. The molecule has 0 aliphatic rings. The summed E-state index contributed by atoms with van der Waals surface area (Å²) in [4.78, 5) is 22.3. The van der Waals surface area contributed by atoms with Crippen molar-refractivity contribution >= 4 is 11.8 Å². The number of nitrogens with one attached hydrogen (secondary N) is 1. The van der Waals surface area contributed by atoms with E-state index in [-0.39, 0.29) is 12.3 Å². The Morgan fingerprint density at radius 2 is 1.81 bits per heavy atom. The summed E-state index contributed by atoms with van der Waals surface area (Å²) >= 11 is 0. The maximum Gasteiger partial charge on any atom is 0.220 e.